The van der Waals surface area contributed by atoms with Crippen LogP contribution in [0.15, 0.2) is 4.99 Å². The molecule has 0 spiro atoms. The molecular formula is C23H43N7O7. The van der Waals surface area contributed by atoms with Gasteiger partial charge in [0, 0.05) is 13.0 Å². The quantitative estimate of drug-likeness (QED) is 0.0601. The number of aliphatic carboxylic acids is 2. The van der Waals surface area contributed by atoms with E-state index in [1.165, 1.54) is 0 Å². The summed E-state index contributed by atoms with van der Waals surface area (Å²) in [6.45, 7) is 7.53. The SMILES string of the molecule is CC(C)CC(NC(=O)C(CCC(=O)O)NC(=O)C(CC(C)C)NC(=O)C(N)CCCN=C(N)N)C(=O)O. The summed E-state index contributed by atoms with van der Waals surface area (Å²) in [5.74, 6) is -4.70. The lowest BCUT2D eigenvalue weighted by Crippen LogP contribution is -2.57. The van der Waals surface area contributed by atoms with Gasteiger partial charge in [-0.05, 0) is 43.9 Å². The first kappa shape index (κ1) is 33.6. The molecule has 14 heteroatoms. The number of nitrogens with zero attached hydrogens (tertiary/aromatic N) is 1. The highest BCUT2D eigenvalue weighted by Gasteiger charge is 2.31. The number of amides is 3. The first-order valence-corrected chi connectivity index (χ1v) is 12.3. The number of aliphatic imine (C=N–C) groups is 1. The van der Waals surface area contributed by atoms with Gasteiger partial charge >= 0.3 is 11.9 Å². The number of hydrogen-bond acceptors (Lipinski definition) is 7. The van der Waals surface area contributed by atoms with Crippen LogP contribution in [0.25, 0.3) is 0 Å². The van der Waals surface area contributed by atoms with E-state index in [-0.39, 0.29) is 50.0 Å². The Labute approximate surface area is 217 Å². The van der Waals surface area contributed by atoms with Gasteiger partial charge in [-0.2, -0.15) is 0 Å². The fourth-order valence-electron chi connectivity index (χ4n) is 3.41. The normalized spacial score (nSPS) is 14.2. The zero-order valence-electron chi connectivity index (χ0n) is 22.0. The van der Waals surface area contributed by atoms with Crippen molar-refractivity contribution in [1.29, 1.82) is 0 Å². The molecule has 0 bridgehead atoms. The Balaban J connectivity index is 5.49. The lowest BCUT2D eigenvalue weighted by molar-refractivity contribution is -0.143. The van der Waals surface area contributed by atoms with Crippen molar-refractivity contribution < 1.29 is 34.2 Å². The smallest absolute Gasteiger partial charge is 0.326 e. The molecule has 3 amide bonds. The molecule has 0 rings (SSSR count). The number of guanidine groups is 1. The highest BCUT2D eigenvalue weighted by molar-refractivity contribution is 5.94. The third kappa shape index (κ3) is 15.3. The molecule has 0 aliphatic rings. The molecule has 212 valence electrons. The van der Waals surface area contributed by atoms with Gasteiger partial charge in [0.1, 0.15) is 18.1 Å². The maximum atomic E-state index is 13.1. The fourth-order valence-corrected chi connectivity index (χ4v) is 3.41. The van der Waals surface area contributed by atoms with E-state index < -0.39 is 60.2 Å². The molecule has 0 aromatic carbocycles. The first-order chi connectivity index (χ1) is 17.1. The molecule has 0 aromatic heterocycles. The molecule has 4 atom stereocenters. The molecule has 0 fully saturated rings. The van der Waals surface area contributed by atoms with Crippen molar-refractivity contribution in [3.63, 3.8) is 0 Å². The van der Waals surface area contributed by atoms with Crippen molar-refractivity contribution in [2.45, 2.75) is 90.4 Å². The van der Waals surface area contributed by atoms with Crippen LogP contribution < -0.4 is 33.2 Å². The summed E-state index contributed by atoms with van der Waals surface area (Å²) in [4.78, 5) is 65.0. The fraction of sp³-hybridized carbons (Fsp3) is 0.739. The molecule has 11 N–H and O–H groups in total. The second-order valence-corrected chi connectivity index (χ2v) is 9.77. The lowest BCUT2D eigenvalue weighted by Gasteiger charge is -2.26. The van der Waals surface area contributed by atoms with Crippen LogP contribution in [0.4, 0.5) is 0 Å². The third-order valence-electron chi connectivity index (χ3n) is 5.25. The minimum atomic E-state index is -1.32. The van der Waals surface area contributed by atoms with Crippen LogP contribution in [-0.4, -0.2) is 76.5 Å². The van der Waals surface area contributed by atoms with E-state index in [1.54, 1.807) is 13.8 Å². The Kier molecular flexibility index (Phi) is 15.5. The second-order valence-electron chi connectivity index (χ2n) is 9.77. The van der Waals surface area contributed by atoms with E-state index in [9.17, 15) is 29.1 Å². The standard InChI is InChI=1S/C23H43N7O7/c1-12(2)10-16(29-19(33)14(24)6-5-9-27-23(25)26)21(35)28-15(7-8-18(31)32)20(34)30-17(22(36)37)11-13(3)4/h12-17H,5-11,24H2,1-4H3,(H,28,35)(H,29,33)(H,30,34)(H,31,32)(H,36,37)(H4,25,26,27). The molecule has 0 radical (unpaired) electrons. The highest BCUT2D eigenvalue weighted by atomic mass is 16.4. The van der Waals surface area contributed by atoms with Crippen molar-refractivity contribution >= 4 is 35.6 Å². The van der Waals surface area contributed by atoms with E-state index in [0.717, 1.165) is 0 Å². The van der Waals surface area contributed by atoms with Gasteiger partial charge in [0.2, 0.25) is 17.7 Å². The molecule has 0 aromatic rings. The molecule has 14 nitrogen and oxygen atoms in total. The van der Waals surface area contributed by atoms with Gasteiger partial charge < -0.3 is 43.4 Å². The maximum absolute atomic E-state index is 13.1. The number of carbonyl (C=O) groups is 5. The summed E-state index contributed by atoms with van der Waals surface area (Å²) in [5.41, 5.74) is 16.4. The lowest BCUT2D eigenvalue weighted by atomic mass is 10.0. The predicted octanol–water partition coefficient (Wildman–Crippen LogP) is -1.14. The molecule has 0 saturated carbocycles. The Hall–Kier alpha value is -3.42. The second kappa shape index (κ2) is 17.1. The van der Waals surface area contributed by atoms with E-state index in [0.29, 0.717) is 6.42 Å². The van der Waals surface area contributed by atoms with Gasteiger partial charge in [-0.15, -0.1) is 0 Å². The summed E-state index contributed by atoms with van der Waals surface area (Å²) in [7, 11) is 0. The number of nitrogens with one attached hydrogen (secondary N) is 3. The van der Waals surface area contributed by atoms with Crippen LogP contribution in [0.5, 0.6) is 0 Å². The molecular weight excluding hydrogens is 486 g/mol. The summed E-state index contributed by atoms with van der Waals surface area (Å²) < 4.78 is 0. The van der Waals surface area contributed by atoms with E-state index in [2.05, 4.69) is 20.9 Å². The number of hydrogen-bond donors (Lipinski definition) is 8. The zero-order valence-corrected chi connectivity index (χ0v) is 22.0. The van der Waals surface area contributed by atoms with Crippen molar-refractivity contribution in [1.82, 2.24) is 16.0 Å². The molecule has 37 heavy (non-hydrogen) atoms. The van der Waals surface area contributed by atoms with Crippen LogP contribution in [-0.2, 0) is 24.0 Å². The molecule has 4 unspecified atom stereocenters. The number of rotatable bonds is 18. The number of carboxylic acid groups (broad SMARTS) is 2. The van der Waals surface area contributed by atoms with Crippen LogP contribution in [0.2, 0.25) is 0 Å². The minimum Gasteiger partial charge on any atom is -0.481 e. The van der Waals surface area contributed by atoms with Crippen molar-refractivity contribution in [3.8, 4) is 0 Å². The van der Waals surface area contributed by atoms with E-state index in [4.69, 9.17) is 22.3 Å². The van der Waals surface area contributed by atoms with Crippen LogP contribution in [0.1, 0.15) is 66.2 Å². The number of carbonyl (C=O) groups excluding carboxylic acids is 3. The number of carboxylic acids is 2. The van der Waals surface area contributed by atoms with Gasteiger partial charge in [-0.1, -0.05) is 27.7 Å². The summed E-state index contributed by atoms with van der Waals surface area (Å²) >= 11 is 0. The maximum Gasteiger partial charge on any atom is 0.326 e. The minimum absolute atomic E-state index is 0.0251. The molecule has 0 aliphatic heterocycles. The van der Waals surface area contributed by atoms with Gasteiger partial charge in [0.25, 0.3) is 0 Å². The Morgan fingerprint density at radius 3 is 1.73 bits per heavy atom. The van der Waals surface area contributed by atoms with Crippen LogP contribution >= 0.6 is 0 Å². The van der Waals surface area contributed by atoms with Crippen LogP contribution in [0, 0.1) is 11.8 Å². The van der Waals surface area contributed by atoms with E-state index >= 15 is 0 Å². The number of nitrogens with two attached hydrogens (primary N) is 3. The topological polar surface area (TPSA) is 252 Å². The Morgan fingerprint density at radius 2 is 1.24 bits per heavy atom. The van der Waals surface area contributed by atoms with E-state index in [1.807, 2.05) is 13.8 Å². The summed E-state index contributed by atoms with van der Waals surface area (Å²) in [6.07, 6.45) is 0.348. The average molecular weight is 530 g/mol. The summed E-state index contributed by atoms with van der Waals surface area (Å²) in [5, 5.41) is 25.9. The van der Waals surface area contributed by atoms with Crippen molar-refractivity contribution in [2.75, 3.05) is 6.54 Å². The Morgan fingerprint density at radius 1 is 0.757 bits per heavy atom. The monoisotopic (exact) mass is 529 g/mol. The zero-order chi connectivity index (χ0) is 28.7. The first-order valence-electron chi connectivity index (χ1n) is 12.3. The Bertz CT molecular complexity index is 813. The predicted molar refractivity (Wildman–Crippen MR) is 137 cm³/mol. The van der Waals surface area contributed by atoms with Gasteiger partial charge in [0.05, 0.1) is 6.04 Å². The average Bonchev–Trinajstić information content (AvgIpc) is 2.76. The summed E-state index contributed by atoms with van der Waals surface area (Å²) in [6, 6.07) is -4.52. The molecule has 0 saturated heterocycles. The van der Waals surface area contributed by atoms with Crippen molar-refractivity contribution in [3.05, 3.63) is 0 Å². The van der Waals surface area contributed by atoms with Gasteiger partial charge in [0.15, 0.2) is 5.96 Å². The van der Waals surface area contributed by atoms with Crippen LogP contribution in [0.3, 0.4) is 0 Å². The van der Waals surface area contributed by atoms with Gasteiger partial charge in [-0.3, -0.25) is 24.2 Å². The molecule has 0 aliphatic carbocycles. The highest BCUT2D eigenvalue weighted by Crippen LogP contribution is 2.10. The molecule has 0 heterocycles. The third-order valence-corrected chi connectivity index (χ3v) is 5.25. The van der Waals surface area contributed by atoms with Gasteiger partial charge in [-0.25, -0.2) is 4.79 Å². The van der Waals surface area contributed by atoms with Crippen molar-refractivity contribution in [2.24, 2.45) is 34.0 Å². The largest absolute Gasteiger partial charge is 0.481 e.